The second kappa shape index (κ2) is 5.82. The molecule has 0 bridgehead atoms. The van der Waals surface area contributed by atoms with Crippen molar-refractivity contribution in [2.45, 2.75) is 19.1 Å². The third kappa shape index (κ3) is 12.0. The molecule has 4 nitrogen and oxygen atoms in total. The Morgan fingerprint density at radius 3 is 2.00 bits per heavy atom. The fourth-order valence-corrected chi connectivity index (χ4v) is 1.14. The molecule has 56 valence electrons. The summed E-state index contributed by atoms with van der Waals surface area (Å²) in [4.78, 5) is 0. The van der Waals surface area contributed by atoms with E-state index in [0.29, 0.717) is 12.0 Å². The first-order chi connectivity index (χ1) is 3.92. The Morgan fingerprint density at radius 2 is 1.90 bits per heavy atom. The Kier molecular flexibility index (Phi) is 8.02. The van der Waals surface area contributed by atoms with Crippen LogP contribution in [-0.4, -0.2) is 18.2 Å². The van der Waals surface area contributed by atoms with Crippen LogP contribution >= 0.6 is 12.0 Å². The third-order valence-corrected chi connectivity index (χ3v) is 1.68. The van der Waals surface area contributed by atoms with Crippen molar-refractivity contribution in [3.8, 4) is 0 Å². The standard InChI is InChI=1S/C3H8O4S2.Na/c1-3(2)8-7-9(4,5)6;/h3H,1-2H3,(H,4,5,6);/q;+1/p-1. The van der Waals surface area contributed by atoms with E-state index in [0.717, 1.165) is 0 Å². The van der Waals surface area contributed by atoms with Gasteiger partial charge in [-0.2, -0.15) is 0 Å². The summed E-state index contributed by atoms with van der Waals surface area (Å²) in [5.41, 5.74) is 0. The van der Waals surface area contributed by atoms with Gasteiger partial charge < -0.3 is 4.55 Å². The van der Waals surface area contributed by atoms with Crippen LogP contribution in [0, 0.1) is 0 Å². The van der Waals surface area contributed by atoms with Gasteiger partial charge in [-0.1, -0.05) is 13.8 Å². The van der Waals surface area contributed by atoms with Crippen LogP contribution < -0.4 is 29.6 Å². The van der Waals surface area contributed by atoms with Gasteiger partial charge in [0.2, 0.25) is 10.4 Å². The summed E-state index contributed by atoms with van der Waals surface area (Å²) < 4.78 is 33.0. The molecular formula is C3H7NaO4S2. The van der Waals surface area contributed by atoms with Crippen molar-refractivity contribution in [1.82, 2.24) is 0 Å². The minimum atomic E-state index is -4.51. The van der Waals surface area contributed by atoms with E-state index in [9.17, 15) is 13.0 Å². The van der Waals surface area contributed by atoms with E-state index in [4.69, 9.17) is 0 Å². The summed E-state index contributed by atoms with van der Waals surface area (Å²) in [6.07, 6.45) is 0. The number of hydrogen-bond donors (Lipinski definition) is 0. The molecular weight excluding hydrogens is 187 g/mol. The average Bonchev–Trinajstić information content (AvgIpc) is 1.59. The quantitative estimate of drug-likeness (QED) is 0.215. The average molecular weight is 194 g/mol. The van der Waals surface area contributed by atoms with E-state index in [2.05, 4.69) is 3.63 Å². The monoisotopic (exact) mass is 194 g/mol. The van der Waals surface area contributed by atoms with E-state index >= 15 is 0 Å². The molecule has 10 heavy (non-hydrogen) atoms. The summed E-state index contributed by atoms with van der Waals surface area (Å²) in [5, 5.41) is -0.0197. The molecule has 0 rings (SSSR count). The smallest absolute Gasteiger partial charge is 0.725 e. The molecule has 0 N–H and O–H groups in total. The molecule has 0 aromatic carbocycles. The Labute approximate surface area is 87.2 Å². The maximum atomic E-state index is 9.74. The van der Waals surface area contributed by atoms with Crippen LogP contribution in [0.15, 0.2) is 0 Å². The summed E-state index contributed by atoms with van der Waals surface area (Å²) in [5.74, 6) is 0. The SMILES string of the molecule is CC(C)SOS(=O)(=O)[O-].[Na+]. The Morgan fingerprint density at radius 1 is 1.50 bits per heavy atom. The van der Waals surface area contributed by atoms with E-state index in [1.165, 1.54) is 0 Å². The van der Waals surface area contributed by atoms with Crippen molar-refractivity contribution in [2.24, 2.45) is 0 Å². The maximum Gasteiger partial charge on any atom is 1.00 e. The zero-order valence-corrected chi connectivity index (χ0v) is 9.66. The molecule has 0 aliphatic rings. The van der Waals surface area contributed by atoms with Gasteiger partial charge >= 0.3 is 29.6 Å². The molecule has 0 aliphatic heterocycles. The molecule has 0 spiro atoms. The van der Waals surface area contributed by atoms with E-state index in [1.54, 1.807) is 13.8 Å². The fourth-order valence-electron chi connectivity index (χ4n) is 0.127. The van der Waals surface area contributed by atoms with Crippen LogP contribution in [0.25, 0.3) is 0 Å². The second-order valence-electron chi connectivity index (χ2n) is 1.62. The summed E-state index contributed by atoms with van der Waals surface area (Å²) in [6.45, 7) is 3.44. The molecule has 0 saturated carbocycles. The summed E-state index contributed by atoms with van der Waals surface area (Å²) in [7, 11) is -4.51. The van der Waals surface area contributed by atoms with Crippen LogP contribution in [0.1, 0.15) is 13.8 Å². The number of hydrogen-bond acceptors (Lipinski definition) is 5. The van der Waals surface area contributed by atoms with Gasteiger partial charge in [0.1, 0.15) is 0 Å². The van der Waals surface area contributed by atoms with Gasteiger partial charge in [0.05, 0.1) is 0 Å². The van der Waals surface area contributed by atoms with Crippen molar-refractivity contribution < 1.29 is 46.2 Å². The molecule has 7 heteroatoms. The molecule has 0 unspecified atom stereocenters. The predicted octanol–water partition coefficient (Wildman–Crippen LogP) is -2.48. The van der Waals surface area contributed by atoms with Gasteiger partial charge in [-0.25, -0.2) is 12.0 Å². The molecule has 0 saturated heterocycles. The minimum absolute atomic E-state index is 0. The normalized spacial score (nSPS) is 11.2. The van der Waals surface area contributed by atoms with Gasteiger partial charge in [-0.15, -0.1) is 0 Å². The van der Waals surface area contributed by atoms with Crippen molar-refractivity contribution >= 4 is 22.4 Å². The van der Waals surface area contributed by atoms with Crippen molar-refractivity contribution in [3.05, 3.63) is 0 Å². The molecule has 0 heterocycles. The minimum Gasteiger partial charge on any atom is -0.725 e. The number of rotatable bonds is 3. The topological polar surface area (TPSA) is 66.4 Å². The van der Waals surface area contributed by atoms with E-state index < -0.39 is 10.4 Å². The second-order valence-corrected chi connectivity index (χ2v) is 4.12. The third-order valence-electron chi connectivity index (χ3n) is 0.315. The Bertz CT molecular complexity index is 163. The van der Waals surface area contributed by atoms with E-state index in [1.807, 2.05) is 0 Å². The Balaban J connectivity index is 0. The van der Waals surface area contributed by atoms with Crippen LogP contribution in [0.3, 0.4) is 0 Å². The van der Waals surface area contributed by atoms with Crippen molar-refractivity contribution in [3.63, 3.8) is 0 Å². The van der Waals surface area contributed by atoms with Crippen LogP contribution in [0.4, 0.5) is 0 Å². The van der Waals surface area contributed by atoms with Crippen LogP contribution in [0.2, 0.25) is 0 Å². The fraction of sp³-hybridized carbons (Fsp3) is 1.00. The van der Waals surface area contributed by atoms with E-state index in [-0.39, 0.29) is 34.8 Å². The van der Waals surface area contributed by atoms with Gasteiger partial charge in [0.15, 0.2) is 0 Å². The molecule has 0 aromatic heterocycles. The first-order valence-electron chi connectivity index (χ1n) is 2.22. The molecule has 0 atom stereocenters. The molecule has 0 radical (unpaired) electrons. The zero-order chi connectivity index (χ0) is 7.49. The van der Waals surface area contributed by atoms with Gasteiger partial charge in [0.25, 0.3) is 0 Å². The zero-order valence-electron chi connectivity index (χ0n) is 6.03. The predicted molar refractivity (Wildman–Crippen MR) is 33.5 cm³/mol. The Hall–Kier alpha value is 1.22. The van der Waals surface area contributed by atoms with Crippen molar-refractivity contribution in [1.29, 1.82) is 0 Å². The van der Waals surface area contributed by atoms with Gasteiger partial charge in [-0.05, 0) is 0 Å². The summed E-state index contributed by atoms with van der Waals surface area (Å²) in [6, 6.07) is 0. The van der Waals surface area contributed by atoms with Crippen molar-refractivity contribution in [2.75, 3.05) is 0 Å². The first kappa shape index (κ1) is 13.8. The molecule has 0 amide bonds. The molecule has 0 aromatic rings. The maximum absolute atomic E-state index is 9.74. The first-order valence-corrected chi connectivity index (χ1v) is 4.36. The van der Waals surface area contributed by atoms with Crippen LogP contribution in [-0.2, 0) is 14.0 Å². The largest absolute Gasteiger partial charge is 1.00 e. The van der Waals surface area contributed by atoms with Gasteiger partial charge in [-0.3, -0.25) is 0 Å². The summed E-state index contributed by atoms with van der Waals surface area (Å²) >= 11 is 0.638. The van der Waals surface area contributed by atoms with Gasteiger partial charge in [0, 0.05) is 17.3 Å². The molecule has 0 fully saturated rings. The van der Waals surface area contributed by atoms with Crippen LogP contribution in [0.5, 0.6) is 0 Å². The molecule has 0 aliphatic carbocycles.